The number of rotatable bonds is 6. The molecule has 0 saturated carbocycles. The van der Waals surface area contributed by atoms with Gasteiger partial charge in [-0.05, 0) is 32.2 Å². The van der Waals surface area contributed by atoms with Crippen molar-refractivity contribution in [1.29, 1.82) is 0 Å². The molecule has 0 aromatic heterocycles. The maximum absolute atomic E-state index is 11.8. The van der Waals surface area contributed by atoms with Gasteiger partial charge in [0.2, 0.25) is 10.0 Å². The lowest BCUT2D eigenvalue weighted by Crippen LogP contribution is -2.37. The van der Waals surface area contributed by atoms with Gasteiger partial charge in [-0.15, -0.1) is 0 Å². The third-order valence-corrected chi connectivity index (χ3v) is 4.02. The van der Waals surface area contributed by atoms with Crippen LogP contribution in [0.2, 0.25) is 0 Å². The molecule has 19 heavy (non-hydrogen) atoms. The first-order valence-electron chi connectivity index (χ1n) is 5.62. The Bertz CT molecular complexity index is 543. The average Bonchev–Trinajstić information content (AvgIpc) is 2.37. The van der Waals surface area contributed by atoms with E-state index in [9.17, 15) is 13.5 Å². The lowest BCUT2D eigenvalue weighted by atomic mass is 10.1. The summed E-state index contributed by atoms with van der Waals surface area (Å²) in [6, 6.07) is 4.37. The monoisotopic (exact) mass is 289 g/mol. The van der Waals surface area contributed by atoms with Gasteiger partial charge in [0.1, 0.15) is 10.5 Å². The zero-order chi connectivity index (χ0) is 14.7. The molecule has 0 heterocycles. The molecule has 0 aliphatic rings. The van der Waals surface area contributed by atoms with Gasteiger partial charge >= 0.3 is 0 Å². The van der Waals surface area contributed by atoms with E-state index in [0.29, 0.717) is 11.4 Å². The number of nitrogens with one attached hydrogen (secondary N) is 2. The first-order valence-corrected chi connectivity index (χ1v) is 7.10. The second kappa shape index (κ2) is 5.74. The number of anilines is 2. The summed E-state index contributed by atoms with van der Waals surface area (Å²) in [5, 5.41) is 21.4. The van der Waals surface area contributed by atoms with Crippen molar-refractivity contribution in [2.75, 3.05) is 31.2 Å². The largest absolute Gasteiger partial charge is 0.399 e. The fourth-order valence-electron chi connectivity index (χ4n) is 1.36. The van der Waals surface area contributed by atoms with Gasteiger partial charge < -0.3 is 21.3 Å². The molecule has 0 aliphatic heterocycles. The Labute approximate surface area is 112 Å². The molecule has 0 amide bonds. The highest BCUT2D eigenvalue weighted by Gasteiger charge is 2.21. The second-order valence-electron chi connectivity index (χ2n) is 4.47. The number of hydrogen-bond donors (Lipinski definition) is 5. The quantitative estimate of drug-likeness (QED) is 0.442. The lowest BCUT2D eigenvalue weighted by molar-refractivity contribution is 0.0132. The minimum absolute atomic E-state index is 0.000345. The number of aliphatic hydroxyl groups excluding tert-OH is 1. The average molecular weight is 289 g/mol. The van der Waals surface area contributed by atoms with E-state index in [0.717, 1.165) is 0 Å². The second-order valence-corrected chi connectivity index (χ2v) is 6.33. The van der Waals surface area contributed by atoms with E-state index in [4.69, 9.17) is 10.8 Å². The van der Waals surface area contributed by atoms with E-state index in [1.807, 2.05) is 0 Å². The Morgan fingerprint density at radius 1 is 1.42 bits per heavy atom. The van der Waals surface area contributed by atoms with Crippen LogP contribution in [0.15, 0.2) is 23.1 Å². The van der Waals surface area contributed by atoms with Crippen molar-refractivity contribution in [2.45, 2.75) is 17.4 Å². The Hall–Kier alpha value is -1.35. The number of benzene rings is 1. The summed E-state index contributed by atoms with van der Waals surface area (Å²) in [5.74, 6) is 0. The fraction of sp³-hybridized carbons (Fsp3) is 0.455. The van der Waals surface area contributed by atoms with Crippen LogP contribution in [0.1, 0.15) is 6.92 Å². The van der Waals surface area contributed by atoms with Crippen molar-refractivity contribution in [3.63, 3.8) is 0 Å². The fourth-order valence-corrected chi connectivity index (χ4v) is 2.30. The standard InChI is InChI=1S/C11H19N3O4S/c1-11(16,7-15)6-14-9-4-3-8(12)5-10(9)19(17,18)13-2/h3-5,13-16H,6-7,12H2,1-2H3. The summed E-state index contributed by atoms with van der Waals surface area (Å²) >= 11 is 0. The molecule has 8 heteroatoms. The number of hydrogen-bond acceptors (Lipinski definition) is 6. The molecule has 6 N–H and O–H groups in total. The van der Waals surface area contributed by atoms with Crippen molar-refractivity contribution in [3.8, 4) is 0 Å². The molecule has 0 radical (unpaired) electrons. The van der Waals surface area contributed by atoms with E-state index in [1.54, 1.807) is 6.07 Å². The number of nitrogen functional groups attached to an aromatic ring is 1. The highest BCUT2D eigenvalue weighted by atomic mass is 32.2. The zero-order valence-electron chi connectivity index (χ0n) is 10.8. The van der Waals surface area contributed by atoms with Gasteiger partial charge in [-0.3, -0.25) is 0 Å². The molecule has 1 rings (SSSR count). The molecule has 1 atom stereocenters. The van der Waals surface area contributed by atoms with E-state index in [2.05, 4.69) is 10.0 Å². The van der Waals surface area contributed by atoms with Crippen LogP contribution < -0.4 is 15.8 Å². The molecule has 0 spiro atoms. The van der Waals surface area contributed by atoms with Crippen molar-refractivity contribution >= 4 is 21.4 Å². The Kier molecular flexibility index (Phi) is 4.75. The molecule has 108 valence electrons. The van der Waals surface area contributed by atoms with Crippen LogP contribution in [0.25, 0.3) is 0 Å². The molecule has 1 aromatic rings. The third kappa shape index (κ3) is 4.06. The van der Waals surface area contributed by atoms with Crippen LogP contribution >= 0.6 is 0 Å². The number of aliphatic hydroxyl groups is 2. The molecular weight excluding hydrogens is 270 g/mol. The Balaban J connectivity index is 3.09. The van der Waals surface area contributed by atoms with Crippen molar-refractivity contribution in [1.82, 2.24) is 4.72 Å². The number of sulfonamides is 1. The minimum atomic E-state index is -3.66. The minimum Gasteiger partial charge on any atom is -0.399 e. The van der Waals surface area contributed by atoms with Crippen LogP contribution in [-0.2, 0) is 10.0 Å². The summed E-state index contributed by atoms with van der Waals surface area (Å²) in [5.41, 5.74) is 4.85. The summed E-state index contributed by atoms with van der Waals surface area (Å²) in [6.07, 6.45) is 0. The first kappa shape index (κ1) is 15.7. The van der Waals surface area contributed by atoms with Gasteiger partial charge in [-0.2, -0.15) is 0 Å². The maximum Gasteiger partial charge on any atom is 0.242 e. The van der Waals surface area contributed by atoms with E-state index < -0.39 is 22.2 Å². The van der Waals surface area contributed by atoms with Crippen molar-refractivity contribution < 1.29 is 18.6 Å². The molecule has 0 aliphatic carbocycles. The van der Waals surface area contributed by atoms with Crippen molar-refractivity contribution in [2.24, 2.45) is 0 Å². The first-order chi connectivity index (χ1) is 8.72. The summed E-state index contributed by atoms with van der Waals surface area (Å²) in [4.78, 5) is -0.0104. The van der Waals surface area contributed by atoms with Crippen LogP contribution in [0.5, 0.6) is 0 Å². The molecule has 7 nitrogen and oxygen atoms in total. The zero-order valence-corrected chi connectivity index (χ0v) is 11.7. The highest BCUT2D eigenvalue weighted by molar-refractivity contribution is 7.89. The smallest absolute Gasteiger partial charge is 0.242 e. The van der Waals surface area contributed by atoms with Gasteiger partial charge in [-0.25, -0.2) is 13.1 Å². The van der Waals surface area contributed by atoms with Crippen LogP contribution in [0, 0.1) is 0 Å². The van der Waals surface area contributed by atoms with Crippen LogP contribution in [0.3, 0.4) is 0 Å². The van der Waals surface area contributed by atoms with Gasteiger partial charge in [0.05, 0.1) is 12.3 Å². The molecular formula is C11H19N3O4S. The van der Waals surface area contributed by atoms with Gasteiger partial charge in [0.25, 0.3) is 0 Å². The summed E-state index contributed by atoms with van der Waals surface area (Å²) in [6.45, 7) is 0.992. The molecule has 0 saturated heterocycles. The van der Waals surface area contributed by atoms with Gasteiger partial charge in [-0.1, -0.05) is 0 Å². The lowest BCUT2D eigenvalue weighted by Gasteiger charge is -2.22. The molecule has 1 aromatic carbocycles. The van der Waals surface area contributed by atoms with E-state index >= 15 is 0 Å². The topological polar surface area (TPSA) is 125 Å². The number of nitrogens with two attached hydrogens (primary N) is 1. The van der Waals surface area contributed by atoms with Crippen molar-refractivity contribution in [3.05, 3.63) is 18.2 Å². The normalized spacial score (nSPS) is 14.9. The SMILES string of the molecule is CNS(=O)(=O)c1cc(N)ccc1NCC(C)(O)CO. The molecule has 1 unspecified atom stereocenters. The van der Waals surface area contributed by atoms with Crippen LogP contribution in [0.4, 0.5) is 11.4 Å². The summed E-state index contributed by atoms with van der Waals surface area (Å²) in [7, 11) is -2.36. The van der Waals surface area contributed by atoms with Gasteiger partial charge in [0, 0.05) is 12.2 Å². The maximum atomic E-state index is 11.8. The van der Waals surface area contributed by atoms with E-state index in [1.165, 1.54) is 26.1 Å². The Morgan fingerprint density at radius 2 is 2.05 bits per heavy atom. The molecule has 0 fully saturated rings. The molecule has 0 bridgehead atoms. The van der Waals surface area contributed by atoms with E-state index in [-0.39, 0.29) is 11.4 Å². The van der Waals surface area contributed by atoms with Gasteiger partial charge in [0.15, 0.2) is 0 Å². The van der Waals surface area contributed by atoms with Crippen LogP contribution in [-0.4, -0.2) is 44.4 Å². The predicted octanol–water partition coefficient (Wildman–Crippen LogP) is -0.668. The highest BCUT2D eigenvalue weighted by Crippen LogP contribution is 2.24. The summed E-state index contributed by atoms with van der Waals surface area (Å²) < 4.78 is 25.9. The Morgan fingerprint density at radius 3 is 2.58 bits per heavy atom. The third-order valence-electron chi connectivity index (χ3n) is 2.56. The predicted molar refractivity (Wildman–Crippen MR) is 73.3 cm³/mol.